The fourth-order valence-corrected chi connectivity index (χ4v) is 2.59. The highest BCUT2D eigenvalue weighted by atomic mass is 79.9. The van der Waals surface area contributed by atoms with Crippen molar-refractivity contribution in [2.45, 2.75) is 25.4 Å². The van der Waals surface area contributed by atoms with Crippen LogP contribution in [0.25, 0.3) is 0 Å². The van der Waals surface area contributed by atoms with Crippen molar-refractivity contribution in [1.82, 2.24) is 14.5 Å². The monoisotopic (exact) mass is 330 g/mol. The van der Waals surface area contributed by atoms with E-state index in [1.165, 1.54) is 10.8 Å². The van der Waals surface area contributed by atoms with E-state index in [4.69, 9.17) is 5.73 Å². The van der Waals surface area contributed by atoms with Crippen molar-refractivity contribution in [3.63, 3.8) is 0 Å². The molecule has 0 bridgehead atoms. The number of aromatic amines is 1. The average molecular weight is 331 g/mol. The van der Waals surface area contributed by atoms with E-state index in [1.54, 1.807) is 4.90 Å². The largest absolute Gasteiger partial charge is 0.337 e. The molecule has 1 unspecified atom stereocenters. The standard InChI is InChI=1S/C11H15BrN4O3/c12-8-5-15(11(19)14-10(8)18)6-9(17)16-3-1-2-7(16)4-13/h5,7H,1-4,6,13H2,(H,14,18,19). The van der Waals surface area contributed by atoms with Crippen LogP contribution in [0.1, 0.15) is 12.8 Å². The number of carbonyl (C=O) groups is 1. The van der Waals surface area contributed by atoms with E-state index in [1.807, 2.05) is 0 Å². The van der Waals surface area contributed by atoms with Crippen LogP contribution in [-0.4, -0.2) is 39.5 Å². The topological polar surface area (TPSA) is 101 Å². The van der Waals surface area contributed by atoms with Gasteiger partial charge in [-0.05, 0) is 28.8 Å². The Morgan fingerprint density at radius 2 is 2.26 bits per heavy atom. The van der Waals surface area contributed by atoms with E-state index in [2.05, 4.69) is 20.9 Å². The molecule has 2 heterocycles. The van der Waals surface area contributed by atoms with Crippen molar-refractivity contribution < 1.29 is 4.79 Å². The van der Waals surface area contributed by atoms with E-state index >= 15 is 0 Å². The van der Waals surface area contributed by atoms with Gasteiger partial charge in [0.25, 0.3) is 5.56 Å². The minimum Gasteiger partial charge on any atom is -0.337 e. The molecule has 2 rings (SSSR count). The zero-order chi connectivity index (χ0) is 14.0. The number of hydrogen-bond acceptors (Lipinski definition) is 4. The fraction of sp³-hybridized carbons (Fsp3) is 0.545. The van der Waals surface area contributed by atoms with E-state index < -0.39 is 11.2 Å². The molecular weight excluding hydrogens is 316 g/mol. The molecule has 1 aromatic rings. The molecule has 3 N–H and O–H groups in total. The Bertz CT molecular complexity index is 594. The summed E-state index contributed by atoms with van der Waals surface area (Å²) in [7, 11) is 0. The van der Waals surface area contributed by atoms with Gasteiger partial charge in [-0.1, -0.05) is 0 Å². The summed E-state index contributed by atoms with van der Waals surface area (Å²) in [5.41, 5.74) is 4.51. The first-order valence-corrected chi connectivity index (χ1v) is 6.81. The predicted octanol–water partition coefficient (Wildman–Crippen LogP) is -0.751. The molecule has 0 radical (unpaired) electrons. The molecule has 1 atom stereocenters. The summed E-state index contributed by atoms with van der Waals surface area (Å²) in [5.74, 6) is -0.158. The van der Waals surface area contributed by atoms with E-state index in [-0.39, 0.29) is 23.0 Å². The third kappa shape index (κ3) is 2.95. The van der Waals surface area contributed by atoms with E-state index in [0.717, 1.165) is 12.8 Å². The molecule has 1 aromatic heterocycles. The van der Waals surface area contributed by atoms with Gasteiger partial charge in [0.05, 0.1) is 4.47 Å². The molecule has 104 valence electrons. The van der Waals surface area contributed by atoms with Gasteiger partial charge in [-0.15, -0.1) is 0 Å². The summed E-state index contributed by atoms with van der Waals surface area (Å²) in [4.78, 5) is 38.8. The Labute approximate surface area is 117 Å². The third-order valence-corrected chi connectivity index (χ3v) is 3.81. The summed E-state index contributed by atoms with van der Waals surface area (Å²) < 4.78 is 1.40. The molecule has 0 aliphatic carbocycles. The summed E-state index contributed by atoms with van der Waals surface area (Å²) in [6, 6.07) is 0.0504. The number of rotatable bonds is 3. The van der Waals surface area contributed by atoms with Crippen LogP contribution in [0, 0.1) is 0 Å². The maximum atomic E-state index is 12.1. The Kier molecular flexibility index (Phi) is 4.20. The SMILES string of the molecule is NCC1CCCN1C(=O)Cn1cc(Br)c(=O)[nH]c1=O. The molecule has 0 aromatic carbocycles. The van der Waals surface area contributed by atoms with Crippen molar-refractivity contribution in [2.75, 3.05) is 13.1 Å². The second-order valence-electron chi connectivity index (χ2n) is 4.48. The normalized spacial score (nSPS) is 18.8. The zero-order valence-electron chi connectivity index (χ0n) is 10.3. The first-order valence-electron chi connectivity index (χ1n) is 6.01. The van der Waals surface area contributed by atoms with Crippen molar-refractivity contribution in [3.05, 3.63) is 31.5 Å². The van der Waals surface area contributed by atoms with Crippen molar-refractivity contribution >= 4 is 21.8 Å². The highest BCUT2D eigenvalue weighted by Gasteiger charge is 2.27. The number of carbonyl (C=O) groups excluding carboxylic acids is 1. The van der Waals surface area contributed by atoms with Crippen LogP contribution in [0.4, 0.5) is 0 Å². The van der Waals surface area contributed by atoms with Gasteiger partial charge in [-0.3, -0.25) is 19.1 Å². The lowest BCUT2D eigenvalue weighted by atomic mass is 10.2. The quantitative estimate of drug-likeness (QED) is 0.761. The number of amides is 1. The predicted molar refractivity (Wildman–Crippen MR) is 72.8 cm³/mol. The van der Waals surface area contributed by atoms with Gasteiger partial charge >= 0.3 is 5.69 Å². The number of halogens is 1. The number of likely N-dealkylation sites (tertiary alicyclic amines) is 1. The molecule has 19 heavy (non-hydrogen) atoms. The summed E-state index contributed by atoms with van der Waals surface area (Å²) in [5, 5.41) is 0. The zero-order valence-corrected chi connectivity index (χ0v) is 11.9. The van der Waals surface area contributed by atoms with E-state index in [9.17, 15) is 14.4 Å². The second-order valence-corrected chi connectivity index (χ2v) is 5.34. The van der Waals surface area contributed by atoms with Gasteiger partial charge < -0.3 is 10.6 Å². The first-order chi connectivity index (χ1) is 9.02. The molecule has 0 spiro atoms. The van der Waals surface area contributed by atoms with Crippen LogP contribution in [0.5, 0.6) is 0 Å². The second kappa shape index (κ2) is 5.70. The molecule has 1 aliphatic rings. The summed E-state index contributed by atoms with van der Waals surface area (Å²) >= 11 is 3.03. The smallest absolute Gasteiger partial charge is 0.328 e. The molecule has 1 saturated heterocycles. The van der Waals surface area contributed by atoms with Gasteiger partial charge in [-0.25, -0.2) is 4.79 Å². The Morgan fingerprint density at radius 1 is 1.53 bits per heavy atom. The number of H-pyrrole nitrogens is 1. The highest BCUT2D eigenvalue weighted by Crippen LogP contribution is 2.16. The van der Waals surface area contributed by atoms with Gasteiger partial charge in [-0.2, -0.15) is 0 Å². The average Bonchev–Trinajstić information content (AvgIpc) is 2.84. The molecule has 1 fully saturated rings. The molecule has 1 aliphatic heterocycles. The number of aromatic nitrogens is 2. The Hall–Kier alpha value is -1.41. The number of hydrogen-bond donors (Lipinski definition) is 2. The van der Waals surface area contributed by atoms with Crippen molar-refractivity contribution in [2.24, 2.45) is 5.73 Å². The lowest BCUT2D eigenvalue weighted by Crippen LogP contribution is -2.43. The Morgan fingerprint density at radius 3 is 2.95 bits per heavy atom. The van der Waals surface area contributed by atoms with Crippen molar-refractivity contribution in [3.8, 4) is 0 Å². The van der Waals surface area contributed by atoms with Gasteiger partial charge in [0.2, 0.25) is 5.91 Å². The highest BCUT2D eigenvalue weighted by molar-refractivity contribution is 9.10. The fourth-order valence-electron chi connectivity index (χ4n) is 2.25. The van der Waals surface area contributed by atoms with Crippen LogP contribution in [0.15, 0.2) is 20.3 Å². The molecule has 8 heteroatoms. The molecular formula is C11H15BrN4O3. The molecule has 1 amide bonds. The lowest BCUT2D eigenvalue weighted by Gasteiger charge is -2.23. The van der Waals surface area contributed by atoms with Crippen LogP contribution < -0.4 is 17.0 Å². The van der Waals surface area contributed by atoms with Crippen molar-refractivity contribution in [1.29, 1.82) is 0 Å². The maximum absolute atomic E-state index is 12.1. The third-order valence-electron chi connectivity index (χ3n) is 3.24. The minimum atomic E-state index is -0.593. The summed E-state index contributed by atoms with van der Waals surface area (Å²) in [6.07, 6.45) is 3.15. The number of nitrogens with zero attached hydrogens (tertiary/aromatic N) is 2. The molecule has 0 saturated carbocycles. The first kappa shape index (κ1) is 14.0. The minimum absolute atomic E-state index is 0.0504. The van der Waals surface area contributed by atoms with Crippen LogP contribution in [0.3, 0.4) is 0 Å². The van der Waals surface area contributed by atoms with Crippen LogP contribution in [0.2, 0.25) is 0 Å². The van der Waals surface area contributed by atoms with Gasteiger partial charge in [0.15, 0.2) is 0 Å². The van der Waals surface area contributed by atoms with Crippen LogP contribution >= 0.6 is 15.9 Å². The van der Waals surface area contributed by atoms with Gasteiger partial charge in [0.1, 0.15) is 6.54 Å². The maximum Gasteiger partial charge on any atom is 0.328 e. The van der Waals surface area contributed by atoms with Crippen LogP contribution in [-0.2, 0) is 11.3 Å². The lowest BCUT2D eigenvalue weighted by molar-refractivity contribution is -0.132. The number of nitrogens with one attached hydrogen (secondary N) is 1. The van der Waals surface area contributed by atoms with Gasteiger partial charge in [0, 0.05) is 25.3 Å². The Balaban J connectivity index is 2.17. The molecule has 7 nitrogen and oxygen atoms in total. The number of nitrogens with two attached hydrogens (primary N) is 1. The van der Waals surface area contributed by atoms with E-state index in [0.29, 0.717) is 13.1 Å². The summed E-state index contributed by atoms with van der Waals surface area (Å²) in [6.45, 7) is 1.00.